The van der Waals surface area contributed by atoms with Crippen LogP contribution in [0.3, 0.4) is 0 Å². The Morgan fingerprint density at radius 1 is 1.55 bits per heavy atom. The van der Waals surface area contributed by atoms with Gasteiger partial charge in [-0.2, -0.15) is 9.40 Å². The molecule has 1 atom stereocenters. The highest BCUT2D eigenvalue weighted by atomic mass is 32.2. The molecule has 6 nitrogen and oxygen atoms in total. The van der Waals surface area contributed by atoms with Crippen molar-refractivity contribution in [2.24, 2.45) is 5.73 Å². The summed E-state index contributed by atoms with van der Waals surface area (Å²) in [5.74, 6) is 0. The fourth-order valence-electron chi connectivity index (χ4n) is 1.94. The summed E-state index contributed by atoms with van der Waals surface area (Å²) in [7, 11) is -2.11. The first-order valence-corrected chi connectivity index (χ1v) is 8.47. The Hall–Kier alpha value is -1.22. The lowest BCUT2D eigenvalue weighted by Crippen LogP contribution is -2.30. The van der Waals surface area contributed by atoms with E-state index in [-0.39, 0.29) is 17.6 Å². The maximum atomic E-state index is 12.7. The molecule has 0 saturated carbocycles. The number of hydrogen-bond donors (Lipinski definition) is 2. The second-order valence-electron chi connectivity index (χ2n) is 4.55. The minimum absolute atomic E-state index is 0.0170. The Kier molecular flexibility index (Phi) is 4.28. The largest absolute Gasteiger partial charge is 0.326 e. The van der Waals surface area contributed by atoms with E-state index >= 15 is 0 Å². The monoisotopic (exact) mass is 314 g/mol. The number of sulfonamides is 1. The number of aromatic nitrogens is 2. The molecule has 8 heteroatoms. The number of rotatable bonds is 5. The van der Waals surface area contributed by atoms with Gasteiger partial charge in [-0.15, -0.1) is 11.3 Å². The number of nitrogens with two attached hydrogens (primary N) is 1. The van der Waals surface area contributed by atoms with Crippen molar-refractivity contribution >= 4 is 21.4 Å². The highest BCUT2D eigenvalue weighted by Crippen LogP contribution is 2.29. The van der Waals surface area contributed by atoms with Crippen molar-refractivity contribution in [1.29, 1.82) is 0 Å². The second-order valence-corrected chi connectivity index (χ2v) is 7.44. The molecule has 0 aliphatic heterocycles. The number of H-pyrrole nitrogens is 1. The van der Waals surface area contributed by atoms with Crippen molar-refractivity contribution in [3.05, 3.63) is 33.6 Å². The molecule has 2 aromatic heterocycles. The molecule has 110 valence electrons. The first-order chi connectivity index (χ1) is 9.39. The van der Waals surface area contributed by atoms with E-state index in [1.54, 1.807) is 14.0 Å². The number of aromatic amines is 1. The predicted molar refractivity (Wildman–Crippen MR) is 78.9 cm³/mol. The molecule has 0 saturated heterocycles. The summed E-state index contributed by atoms with van der Waals surface area (Å²) in [4.78, 5) is 0.984. The van der Waals surface area contributed by atoms with Gasteiger partial charge in [0.1, 0.15) is 0 Å². The van der Waals surface area contributed by atoms with Gasteiger partial charge in [-0.3, -0.25) is 5.10 Å². The zero-order chi connectivity index (χ0) is 14.9. The highest BCUT2D eigenvalue weighted by molar-refractivity contribution is 7.89. The SMILES string of the molecule is Cc1[nH]nc(S(=O)(=O)N(C)C(C)c2cccs2)c1CN. The summed E-state index contributed by atoms with van der Waals surface area (Å²) in [5.41, 5.74) is 6.84. The lowest BCUT2D eigenvalue weighted by Gasteiger charge is -2.22. The van der Waals surface area contributed by atoms with Crippen LogP contribution in [0, 0.1) is 6.92 Å². The number of thiophene rings is 1. The molecule has 1 unspecified atom stereocenters. The average molecular weight is 314 g/mol. The standard InChI is InChI=1S/C12H18N4O2S2/c1-8-10(7-13)12(15-14-8)20(17,18)16(3)9(2)11-5-4-6-19-11/h4-6,9H,7,13H2,1-3H3,(H,14,15). The smallest absolute Gasteiger partial charge is 0.263 e. The number of nitrogens with zero attached hydrogens (tertiary/aromatic N) is 2. The van der Waals surface area contributed by atoms with Crippen LogP contribution in [0.2, 0.25) is 0 Å². The van der Waals surface area contributed by atoms with Crippen molar-refractivity contribution in [1.82, 2.24) is 14.5 Å². The van der Waals surface area contributed by atoms with Crippen LogP contribution in [0.1, 0.15) is 29.1 Å². The summed E-state index contributed by atoms with van der Waals surface area (Å²) in [6, 6.07) is 3.57. The van der Waals surface area contributed by atoms with Gasteiger partial charge in [0, 0.05) is 29.7 Å². The van der Waals surface area contributed by atoms with E-state index in [9.17, 15) is 8.42 Å². The molecule has 20 heavy (non-hydrogen) atoms. The van der Waals surface area contributed by atoms with Crippen LogP contribution in [-0.2, 0) is 16.6 Å². The highest BCUT2D eigenvalue weighted by Gasteiger charge is 2.31. The van der Waals surface area contributed by atoms with Crippen LogP contribution in [0.5, 0.6) is 0 Å². The van der Waals surface area contributed by atoms with Crippen molar-refractivity contribution < 1.29 is 8.42 Å². The first kappa shape index (κ1) is 15.2. The lowest BCUT2D eigenvalue weighted by molar-refractivity contribution is 0.400. The van der Waals surface area contributed by atoms with Crippen LogP contribution in [-0.4, -0.2) is 30.0 Å². The fraction of sp³-hybridized carbons (Fsp3) is 0.417. The molecule has 0 aliphatic carbocycles. The van der Waals surface area contributed by atoms with Gasteiger partial charge in [0.15, 0.2) is 5.03 Å². The molecule has 2 aromatic rings. The summed E-state index contributed by atoms with van der Waals surface area (Å²) >= 11 is 1.53. The third kappa shape index (κ3) is 2.51. The molecule has 0 aliphatic rings. The molecule has 3 N–H and O–H groups in total. The van der Waals surface area contributed by atoms with E-state index in [0.717, 1.165) is 4.88 Å². The van der Waals surface area contributed by atoms with Crippen molar-refractivity contribution in [2.75, 3.05) is 7.05 Å². The van der Waals surface area contributed by atoms with Gasteiger partial charge in [0.2, 0.25) is 0 Å². The van der Waals surface area contributed by atoms with Crippen molar-refractivity contribution in [3.8, 4) is 0 Å². The van der Waals surface area contributed by atoms with E-state index in [2.05, 4.69) is 10.2 Å². The van der Waals surface area contributed by atoms with Gasteiger partial charge in [0.05, 0.1) is 6.04 Å². The average Bonchev–Trinajstić information content (AvgIpc) is 3.05. The second kappa shape index (κ2) is 5.65. The van der Waals surface area contributed by atoms with E-state index < -0.39 is 10.0 Å². The van der Waals surface area contributed by atoms with Gasteiger partial charge >= 0.3 is 0 Å². The molecule has 0 amide bonds. The maximum absolute atomic E-state index is 12.7. The Bertz CT molecular complexity index is 676. The third-order valence-electron chi connectivity index (χ3n) is 3.36. The van der Waals surface area contributed by atoms with Gasteiger partial charge < -0.3 is 5.73 Å². The molecule has 2 heterocycles. The molecule has 0 fully saturated rings. The van der Waals surface area contributed by atoms with Crippen molar-refractivity contribution in [3.63, 3.8) is 0 Å². The number of aryl methyl sites for hydroxylation is 1. The Balaban J connectivity index is 2.39. The van der Waals surface area contributed by atoms with Crippen LogP contribution >= 0.6 is 11.3 Å². The molecular formula is C12H18N4O2S2. The lowest BCUT2D eigenvalue weighted by atomic mass is 10.3. The number of hydrogen-bond acceptors (Lipinski definition) is 5. The molecule has 2 rings (SSSR count). The Morgan fingerprint density at radius 2 is 2.25 bits per heavy atom. The minimum atomic E-state index is -3.67. The molecule has 0 aromatic carbocycles. The topological polar surface area (TPSA) is 92.1 Å². The van der Waals surface area contributed by atoms with E-state index in [4.69, 9.17) is 5.73 Å². The molecule has 0 radical (unpaired) electrons. The van der Waals surface area contributed by atoms with E-state index in [1.807, 2.05) is 24.4 Å². The summed E-state index contributed by atoms with van der Waals surface area (Å²) in [5, 5.41) is 8.55. The van der Waals surface area contributed by atoms with Gasteiger partial charge in [-0.05, 0) is 25.3 Å². The maximum Gasteiger partial charge on any atom is 0.263 e. The normalized spacial score (nSPS) is 13.8. The Labute approximate surface area is 122 Å². The number of nitrogens with one attached hydrogen (secondary N) is 1. The van der Waals surface area contributed by atoms with E-state index in [1.165, 1.54) is 15.6 Å². The Morgan fingerprint density at radius 3 is 2.80 bits per heavy atom. The van der Waals surface area contributed by atoms with Crippen LogP contribution in [0.15, 0.2) is 22.5 Å². The quantitative estimate of drug-likeness (QED) is 0.877. The zero-order valence-corrected chi connectivity index (χ0v) is 13.3. The van der Waals surface area contributed by atoms with Crippen molar-refractivity contribution in [2.45, 2.75) is 31.5 Å². The first-order valence-electron chi connectivity index (χ1n) is 6.15. The zero-order valence-electron chi connectivity index (χ0n) is 11.6. The van der Waals surface area contributed by atoms with Crippen LogP contribution in [0.25, 0.3) is 0 Å². The minimum Gasteiger partial charge on any atom is -0.326 e. The summed E-state index contributed by atoms with van der Waals surface area (Å²) < 4.78 is 26.6. The molecule has 0 spiro atoms. The van der Waals surface area contributed by atoms with Gasteiger partial charge in [-0.1, -0.05) is 6.07 Å². The molecular weight excluding hydrogens is 296 g/mol. The van der Waals surface area contributed by atoms with Crippen LogP contribution < -0.4 is 5.73 Å². The predicted octanol–water partition coefficient (Wildman–Crippen LogP) is 1.62. The third-order valence-corrected chi connectivity index (χ3v) is 6.31. The summed E-state index contributed by atoms with van der Waals surface area (Å²) in [6.45, 7) is 3.75. The van der Waals surface area contributed by atoms with Gasteiger partial charge in [0.25, 0.3) is 10.0 Å². The molecule has 0 bridgehead atoms. The summed E-state index contributed by atoms with van der Waals surface area (Å²) in [6.07, 6.45) is 0. The fourth-order valence-corrected chi connectivity index (χ4v) is 4.34. The van der Waals surface area contributed by atoms with Gasteiger partial charge in [-0.25, -0.2) is 8.42 Å². The van der Waals surface area contributed by atoms with Crippen LogP contribution in [0.4, 0.5) is 0 Å². The van der Waals surface area contributed by atoms with E-state index in [0.29, 0.717) is 11.3 Å².